The molecule has 1 aromatic rings. The summed E-state index contributed by atoms with van der Waals surface area (Å²) in [4.78, 5) is 13.1. The van der Waals surface area contributed by atoms with E-state index in [4.69, 9.17) is 0 Å². The van der Waals surface area contributed by atoms with Gasteiger partial charge in [0, 0.05) is 10.1 Å². The van der Waals surface area contributed by atoms with Gasteiger partial charge in [0.1, 0.15) is 0 Å². The van der Waals surface area contributed by atoms with E-state index in [2.05, 4.69) is 16.7 Å². The Bertz CT molecular complexity index is 361. The lowest BCUT2D eigenvalue weighted by Gasteiger charge is -2.22. The van der Waals surface area contributed by atoms with Gasteiger partial charge in [0.05, 0.1) is 11.8 Å². The van der Waals surface area contributed by atoms with Gasteiger partial charge >= 0.3 is 0 Å². The van der Waals surface area contributed by atoms with Crippen LogP contribution in [0.3, 0.4) is 0 Å². The summed E-state index contributed by atoms with van der Waals surface area (Å²) in [6.07, 6.45) is 2.36. The molecule has 0 saturated carbocycles. The van der Waals surface area contributed by atoms with E-state index in [0.717, 1.165) is 13.1 Å². The fourth-order valence-corrected chi connectivity index (χ4v) is 3.82. The maximum absolute atomic E-state index is 11.8. The molecule has 3 nitrogen and oxygen atoms in total. The molecule has 2 N–H and O–H groups in total. The van der Waals surface area contributed by atoms with Gasteiger partial charge in [0.2, 0.25) is 5.91 Å². The quantitative estimate of drug-likeness (QED) is 0.872. The number of hydrogen-bond donors (Lipinski definition) is 2. The lowest BCUT2D eigenvalue weighted by Crippen LogP contribution is -2.32. The van der Waals surface area contributed by atoms with Crippen LogP contribution < -0.4 is 10.6 Å². The maximum Gasteiger partial charge on any atom is 0.230 e. The summed E-state index contributed by atoms with van der Waals surface area (Å²) >= 11 is 3.49. The molecule has 100 valence electrons. The van der Waals surface area contributed by atoms with Crippen LogP contribution >= 0.6 is 23.1 Å². The average Bonchev–Trinajstić information content (AvgIpc) is 2.91. The highest BCUT2D eigenvalue weighted by molar-refractivity contribution is 8.00. The van der Waals surface area contributed by atoms with E-state index in [1.807, 2.05) is 18.4 Å². The van der Waals surface area contributed by atoms with Gasteiger partial charge in [-0.3, -0.25) is 4.79 Å². The van der Waals surface area contributed by atoms with Crippen molar-refractivity contribution in [3.8, 4) is 0 Å². The van der Waals surface area contributed by atoms with Crippen LogP contribution in [0.15, 0.2) is 17.5 Å². The molecule has 0 aromatic carbocycles. The molecule has 2 heterocycles. The molecule has 1 amide bonds. The van der Waals surface area contributed by atoms with Crippen LogP contribution in [0.5, 0.6) is 0 Å². The third-order valence-electron chi connectivity index (χ3n) is 3.08. The van der Waals surface area contributed by atoms with Gasteiger partial charge in [-0.2, -0.15) is 0 Å². The predicted octanol–water partition coefficient (Wildman–Crippen LogP) is 2.41. The molecule has 1 unspecified atom stereocenters. The Morgan fingerprint density at radius 2 is 2.39 bits per heavy atom. The molecule has 0 spiro atoms. The molecule has 5 heteroatoms. The van der Waals surface area contributed by atoms with E-state index >= 15 is 0 Å². The lowest BCUT2D eigenvalue weighted by molar-refractivity contribution is -0.119. The van der Waals surface area contributed by atoms with Crippen molar-refractivity contribution in [2.45, 2.75) is 31.1 Å². The van der Waals surface area contributed by atoms with E-state index in [1.54, 1.807) is 23.1 Å². The number of amides is 1. The van der Waals surface area contributed by atoms with Gasteiger partial charge in [-0.25, -0.2) is 0 Å². The van der Waals surface area contributed by atoms with Crippen LogP contribution in [0.25, 0.3) is 0 Å². The molecule has 2 rings (SSSR count). The first-order valence-electron chi connectivity index (χ1n) is 6.41. The zero-order chi connectivity index (χ0) is 12.8. The molecule has 0 bridgehead atoms. The Morgan fingerprint density at radius 1 is 1.61 bits per heavy atom. The Hall–Kier alpha value is -0.520. The highest BCUT2D eigenvalue weighted by Gasteiger charge is 2.16. The maximum atomic E-state index is 11.8. The van der Waals surface area contributed by atoms with Crippen molar-refractivity contribution in [3.05, 3.63) is 22.4 Å². The highest BCUT2D eigenvalue weighted by atomic mass is 32.2. The minimum Gasteiger partial charge on any atom is -0.348 e. The summed E-state index contributed by atoms with van der Waals surface area (Å²) in [5, 5.41) is 9.09. The Labute approximate surface area is 117 Å². The zero-order valence-electron chi connectivity index (χ0n) is 10.6. The monoisotopic (exact) mass is 284 g/mol. The van der Waals surface area contributed by atoms with Crippen molar-refractivity contribution in [2.24, 2.45) is 0 Å². The minimum absolute atomic E-state index is 0.131. The first-order valence-corrected chi connectivity index (χ1v) is 8.33. The van der Waals surface area contributed by atoms with E-state index in [0.29, 0.717) is 11.0 Å². The second kappa shape index (κ2) is 7.16. The number of thioether (sulfide) groups is 1. The molecule has 18 heavy (non-hydrogen) atoms. The van der Waals surface area contributed by atoms with Crippen LogP contribution in [-0.4, -0.2) is 30.0 Å². The van der Waals surface area contributed by atoms with E-state index in [9.17, 15) is 4.79 Å². The predicted molar refractivity (Wildman–Crippen MR) is 79.2 cm³/mol. The second-order valence-electron chi connectivity index (χ2n) is 4.56. The second-order valence-corrected chi connectivity index (χ2v) is 6.83. The number of carbonyl (C=O) groups excluding carboxylic acids is 1. The van der Waals surface area contributed by atoms with Crippen molar-refractivity contribution in [2.75, 3.05) is 18.8 Å². The van der Waals surface area contributed by atoms with Gasteiger partial charge < -0.3 is 10.6 Å². The molecule has 1 atom stereocenters. The van der Waals surface area contributed by atoms with Crippen molar-refractivity contribution in [1.29, 1.82) is 0 Å². The van der Waals surface area contributed by atoms with Gasteiger partial charge in [-0.15, -0.1) is 23.1 Å². The first-order chi connectivity index (χ1) is 8.75. The summed E-state index contributed by atoms with van der Waals surface area (Å²) in [5.74, 6) is 0.736. The van der Waals surface area contributed by atoms with Crippen molar-refractivity contribution in [3.63, 3.8) is 0 Å². The number of carbonyl (C=O) groups is 1. The zero-order valence-corrected chi connectivity index (χ0v) is 12.3. The molecule has 1 saturated heterocycles. The third kappa shape index (κ3) is 4.30. The summed E-state index contributed by atoms with van der Waals surface area (Å²) in [7, 11) is 0. The van der Waals surface area contributed by atoms with Gasteiger partial charge in [-0.05, 0) is 44.3 Å². The third-order valence-corrected chi connectivity index (χ3v) is 5.51. The fourth-order valence-electron chi connectivity index (χ4n) is 2.05. The summed E-state index contributed by atoms with van der Waals surface area (Å²) < 4.78 is 0. The summed E-state index contributed by atoms with van der Waals surface area (Å²) in [6, 6.07) is 4.22. The van der Waals surface area contributed by atoms with Crippen LogP contribution in [-0.2, 0) is 4.79 Å². The van der Waals surface area contributed by atoms with Crippen LogP contribution in [0, 0.1) is 0 Å². The van der Waals surface area contributed by atoms with Crippen LogP contribution in [0.2, 0.25) is 0 Å². The molecule has 1 aliphatic rings. The average molecular weight is 284 g/mol. The molecule has 0 aliphatic carbocycles. The molecular formula is C13H20N2OS2. The number of piperidine rings is 1. The number of hydrogen-bond acceptors (Lipinski definition) is 4. The fraction of sp³-hybridized carbons (Fsp3) is 0.615. The smallest absolute Gasteiger partial charge is 0.230 e. The topological polar surface area (TPSA) is 41.1 Å². The molecule has 0 radical (unpaired) electrons. The van der Waals surface area contributed by atoms with Gasteiger partial charge in [-0.1, -0.05) is 6.07 Å². The first kappa shape index (κ1) is 13.9. The Balaban J connectivity index is 1.68. The SMILES string of the molecule is CC(NC(=O)CSC1CCNCC1)c1cccs1. The minimum atomic E-state index is 0.131. The molecule has 1 aromatic heterocycles. The van der Waals surface area contributed by atoms with Crippen LogP contribution in [0.1, 0.15) is 30.7 Å². The number of thiophene rings is 1. The molecule has 1 fully saturated rings. The lowest BCUT2D eigenvalue weighted by atomic mass is 10.2. The molecule has 1 aliphatic heterocycles. The van der Waals surface area contributed by atoms with Crippen LogP contribution in [0.4, 0.5) is 0 Å². The van der Waals surface area contributed by atoms with Crippen molar-refractivity contribution < 1.29 is 4.79 Å². The van der Waals surface area contributed by atoms with E-state index < -0.39 is 0 Å². The van der Waals surface area contributed by atoms with Crippen molar-refractivity contribution in [1.82, 2.24) is 10.6 Å². The largest absolute Gasteiger partial charge is 0.348 e. The highest BCUT2D eigenvalue weighted by Crippen LogP contribution is 2.21. The standard InChI is InChI=1S/C13H20N2OS2/c1-10(12-3-2-8-17-12)15-13(16)9-18-11-4-6-14-7-5-11/h2-3,8,10-11,14H,4-7,9H2,1H3,(H,15,16). The Morgan fingerprint density at radius 3 is 3.06 bits per heavy atom. The Kier molecular flexibility index (Phi) is 5.53. The van der Waals surface area contributed by atoms with E-state index in [-0.39, 0.29) is 11.9 Å². The van der Waals surface area contributed by atoms with Crippen molar-refractivity contribution >= 4 is 29.0 Å². The molecular weight excluding hydrogens is 264 g/mol. The summed E-state index contributed by atoms with van der Waals surface area (Å²) in [6.45, 7) is 4.22. The summed E-state index contributed by atoms with van der Waals surface area (Å²) in [5.41, 5.74) is 0. The van der Waals surface area contributed by atoms with Gasteiger partial charge in [0.25, 0.3) is 0 Å². The number of rotatable bonds is 5. The van der Waals surface area contributed by atoms with E-state index in [1.165, 1.54) is 17.7 Å². The van der Waals surface area contributed by atoms with Gasteiger partial charge in [0.15, 0.2) is 0 Å². The normalized spacial score (nSPS) is 18.5. The number of nitrogens with one attached hydrogen (secondary N) is 2.